The Morgan fingerprint density at radius 1 is 0.826 bits per heavy atom. The van der Waals surface area contributed by atoms with E-state index in [0.717, 1.165) is 62.1 Å². The Morgan fingerprint density at radius 3 is 2.43 bits per heavy atom. The van der Waals surface area contributed by atoms with Gasteiger partial charge in [0.05, 0.1) is 19.3 Å². The molecule has 0 radical (unpaired) electrons. The van der Waals surface area contributed by atoms with Gasteiger partial charge in [0.1, 0.15) is 0 Å². The molecule has 1 saturated heterocycles. The van der Waals surface area contributed by atoms with E-state index >= 15 is 0 Å². The predicted molar refractivity (Wildman–Crippen MR) is 87.8 cm³/mol. The Bertz CT molecular complexity index is 472. The molecule has 0 bridgehead atoms. The highest BCUT2D eigenvalue weighted by atomic mass is 16.7. The van der Waals surface area contributed by atoms with Crippen molar-refractivity contribution in [1.82, 2.24) is 0 Å². The van der Waals surface area contributed by atoms with E-state index in [4.69, 9.17) is 9.47 Å². The van der Waals surface area contributed by atoms with Crippen LogP contribution in [0.1, 0.15) is 64.7 Å². The van der Waals surface area contributed by atoms with Crippen LogP contribution in [0.4, 0.5) is 0 Å². The third-order valence-corrected chi connectivity index (χ3v) is 8.72. The van der Waals surface area contributed by atoms with Gasteiger partial charge in [-0.3, -0.25) is 0 Å². The second-order valence-corrected chi connectivity index (χ2v) is 9.35. The van der Waals surface area contributed by atoms with Crippen molar-refractivity contribution >= 4 is 0 Å². The summed E-state index contributed by atoms with van der Waals surface area (Å²) in [5.74, 6) is 4.05. The molecule has 0 aromatic rings. The molecule has 4 aliphatic carbocycles. The van der Waals surface area contributed by atoms with E-state index < -0.39 is 0 Å². The second-order valence-electron chi connectivity index (χ2n) is 9.35. The summed E-state index contributed by atoms with van der Waals surface area (Å²) in [6.45, 7) is 4.06. The summed E-state index contributed by atoms with van der Waals surface area (Å²) in [6.07, 6.45) is 11.2. The second kappa shape index (κ2) is 5.19. The van der Waals surface area contributed by atoms with Gasteiger partial charge in [0.15, 0.2) is 5.79 Å². The van der Waals surface area contributed by atoms with Crippen LogP contribution in [0.3, 0.4) is 0 Å². The molecule has 0 aromatic heterocycles. The minimum atomic E-state index is -0.248. The summed E-state index contributed by atoms with van der Waals surface area (Å²) in [7, 11) is 0. The number of hydrogen-bond acceptors (Lipinski definition) is 3. The van der Waals surface area contributed by atoms with Crippen molar-refractivity contribution in [3.63, 3.8) is 0 Å². The largest absolute Gasteiger partial charge is 0.393 e. The Balaban J connectivity index is 1.41. The molecule has 3 nitrogen and oxygen atoms in total. The fourth-order valence-corrected chi connectivity index (χ4v) is 7.71. The fraction of sp³-hybridized carbons (Fsp3) is 1.00. The van der Waals surface area contributed by atoms with Crippen LogP contribution >= 0.6 is 0 Å². The molecule has 5 rings (SSSR count). The summed E-state index contributed by atoms with van der Waals surface area (Å²) in [4.78, 5) is 0. The van der Waals surface area contributed by atoms with Crippen molar-refractivity contribution in [2.75, 3.05) is 13.2 Å². The number of hydrogen-bond donors (Lipinski definition) is 1. The molecule has 3 heteroatoms. The molecule has 4 saturated carbocycles. The zero-order chi connectivity index (χ0) is 15.7. The molecule has 5 fully saturated rings. The number of rotatable bonds is 0. The molecular weight excluding hydrogens is 288 g/mol. The molecule has 23 heavy (non-hydrogen) atoms. The standard InChI is InChI=1S/C20H32O3/c1-19-8-6-16-15-5-3-14(21)12-13(15)2-4-17(16)18(19)7-9-20(19)22-10-11-23-20/h13-18,21H,2-12H2,1H3/t13-,14?,15+,16-,17-,18+,19+/m1/s1. The van der Waals surface area contributed by atoms with Gasteiger partial charge in [-0.25, -0.2) is 0 Å². The maximum Gasteiger partial charge on any atom is 0.174 e. The molecule has 130 valence electrons. The predicted octanol–water partition coefficient (Wildman–Crippen LogP) is 3.74. The lowest BCUT2D eigenvalue weighted by Gasteiger charge is -2.57. The third-order valence-electron chi connectivity index (χ3n) is 8.72. The Hall–Kier alpha value is -0.120. The zero-order valence-electron chi connectivity index (χ0n) is 14.5. The van der Waals surface area contributed by atoms with Crippen molar-refractivity contribution in [2.45, 2.75) is 76.6 Å². The van der Waals surface area contributed by atoms with Gasteiger partial charge in [-0.05, 0) is 81.0 Å². The lowest BCUT2D eigenvalue weighted by atomic mass is 9.50. The molecule has 1 unspecified atom stereocenters. The van der Waals surface area contributed by atoms with E-state index in [1.165, 1.54) is 38.5 Å². The maximum atomic E-state index is 10.0. The van der Waals surface area contributed by atoms with Crippen LogP contribution < -0.4 is 0 Å². The average molecular weight is 320 g/mol. The summed E-state index contributed by atoms with van der Waals surface area (Å²) in [6, 6.07) is 0. The van der Waals surface area contributed by atoms with Crippen molar-refractivity contribution in [3.05, 3.63) is 0 Å². The first kappa shape index (κ1) is 15.2. The molecule has 5 aliphatic rings. The van der Waals surface area contributed by atoms with Gasteiger partial charge in [-0.1, -0.05) is 6.92 Å². The fourth-order valence-electron chi connectivity index (χ4n) is 7.71. The van der Waals surface area contributed by atoms with Gasteiger partial charge in [0.25, 0.3) is 0 Å². The number of ether oxygens (including phenoxy) is 2. The topological polar surface area (TPSA) is 38.7 Å². The van der Waals surface area contributed by atoms with Gasteiger partial charge in [0.2, 0.25) is 0 Å². The quantitative estimate of drug-likeness (QED) is 0.739. The monoisotopic (exact) mass is 320 g/mol. The van der Waals surface area contributed by atoms with Crippen LogP contribution in [-0.4, -0.2) is 30.2 Å². The Kier molecular flexibility index (Phi) is 3.42. The van der Waals surface area contributed by atoms with Gasteiger partial charge >= 0.3 is 0 Å². The minimum Gasteiger partial charge on any atom is -0.393 e. The third kappa shape index (κ3) is 1.99. The van der Waals surface area contributed by atoms with E-state index in [2.05, 4.69) is 6.92 Å². The van der Waals surface area contributed by atoms with Crippen LogP contribution in [0.5, 0.6) is 0 Å². The maximum absolute atomic E-state index is 10.0. The highest BCUT2D eigenvalue weighted by Crippen LogP contribution is 2.66. The highest BCUT2D eigenvalue weighted by molar-refractivity contribution is 5.10. The molecular formula is C20H32O3. The summed E-state index contributed by atoms with van der Waals surface area (Å²) in [5.41, 5.74) is 0.242. The van der Waals surface area contributed by atoms with E-state index in [-0.39, 0.29) is 17.3 Å². The molecule has 7 atom stereocenters. The Morgan fingerprint density at radius 2 is 1.61 bits per heavy atom. The van der Waals surface area contributed by atoms with Gasteiger partial charge in [0, 0.05) is 11.8 Å². The number of aliphatic hydroxyl groups excluding tert-OH is 1. The van der Waals surface area contributed by atoms with E-state index in [1.54, 1.807) is 0 Å². The Labute approximate surface area is 140 Å². The molecule has 1 heterocycles. The minimum absolute atomic E-state index is 0.0169. The summed E-state index contributed by atoms with van der Waals surface area (Å²) < 4.78 is 12.4. The first-order valence-corrected chi connectivity index (χ1v) is 10.1. The first-order valence-electron chi connectivity index (χ1n) is 10.1. The summed E-state index contributed by atoms with van der Waals surface area (Å²) in [5, 5.41) is 10.0. The lowest BCUT2D eigenvalue weighted by molar-refractivity contribution is -0.243. The van der Waals surface area contributed by atoms with Crippen LogP contribution in [0.25, 0.3) is 0 Å². The van der Waals surface area contributed by atoms with E-state index in [1.807, 2.05) is 0 Å². The van der Waals surface area contributed by atoms with Crippen LogP contribution in [0.2, 0.25) is 0 Å². The zero-order valence-corrected chi connectivity index (χ0v) is 14.5. The lowest BCUT2D eigenvalue weighted by Crippen LogP contribution is -2.54. The molecule has 1 aliphatic heterocycles. The van der Waals surface area contributed by atoms with Gasteiger partial charge in [-0.2, -0.15) is 0 Å². The number of aliphatic hydroxyl groups is 1. The van der Waals surface area contributed by atoms with E-state index in [9.17, 15) is 5.11 Å². The highest BCUT2D eigenvalue weighted by Gasteiger charge is 2.65. The van der Waals surface area contributed by atoms with Crippen molar-refractivity contribution in [1.29, 1.82) is 0 Å². The molecule has 1 N–H and O–H groups in total. The van der Waals surface area contributed by atoms with Crippen molar-refractivity contribution in [2.24, 2.45) is 35.0 Å². The average Bonchev–Trinajstić information content (AvgIpc) is 3.14. The van der Waals surface area contributed by atoms with Gasteiger partial charge in [-0.15, -0.1) is 0 Å². The van der Waals surface area contributed by atoms with Crippen LogP contribution in [-0.2, 0) is 9.47 Å². The van der Waals surface area contributed by atoms with E-state index in [0.29, 0.717) is 0 Å². The summed E-state index contributed by atoms with van der Waals surface area (Å²) >= 11 is 0. The molecule has 0 aromatic carbocycles. The van der Waals surface area contributed by atoms with Gasteiger partial charge < -0.3 is 14.6 Å². The smallest absolute Gasteiger partial charge is 0.174 e. The van der Waals surface area contributed by atoms with Crippen molar-refractivity contribution < 1.29 is 14.6 Å². The normalized spacial score (nSPS) is 54.5. The molecule has 1 spiro atoms. The number of fused-ring (bicyclic) bond motifs is 6. The van der Waals surface area contributed by atoms with Crippen molar-refractivity contribution in [3.8, 4) is 0 Å². The molecule has 0 amide bonds. The van der Waals surface area contributed by atoms with Crippen LogP contribution in [0.15, 0.2) is 0 Å². The van der Waals surface area contributed by atoms with Crippen LogP contribution in [0, 0.1) is 35.0 Å². The first-order chi connectivity index (χ1) is 11.1. The SMILES string of the molecule is C[C@]12CC[C@H]3[C@@H](CC[C@@H]4CC(O)CC[C@@H]43)[C@@H]1CCC21OCCO1.